The lowest BCUT2D eigenvalue weighted by molar-refractivity contribution is -0.141. The Balaban J connectivity index is 1.45. The van der Waals surface area contributed by atoms with Crippen molar-refractivity contribution in [1.82, 2.24) is 9.97 Å². The number of carbonyl (C=O) groups excluding carboxylic acids is 1. The smallest absolute Gasteiger partial charge is 0.378 e. The Morgan fingerprint density at radius 3 is 2.51 bits per heavy atom. The molecule has 1 aliphatic heterocycles. The molecule has 1 saturated carbocycles. The van der Waals surface area contributed by atoms with E-state index >= 15 is 0 Å². The number of pyridine rings is 1. The summed E-state index contributed by atoms with van der Waals surface area (Å²) >= 11 is 1.64. The quantitative estimate of drug-likeness (QED) is 0.395. The normalized spacial score (nSPS) is 21.0. The minimum Gasteiger partial charge on any atom is -0.378 e. The van der Waals surface area contributed by atoms with Crippen molar-refractivity contribution >= 4 is 38.8 Å². The van der Waals surface area contributed by atoms with Gasteiger partial charge >= 0.3 is 6.18 Å². The second-order valence-corrected chi connectivity index (χ2v) is 11.3. The maximum Gasteiger partial charge on any atom is 0.433 e. The van der Waals surface area contributed by atoms with Gasteiger partial charge in [0, 0.05) is 19.0 Å². The monoisotopic (exact) mass is 532 g/mol. The lowest BCUT2D eigenvalue weighted by Gasteiger charge is -2.30. The zero-order valence-corrected chi connectivity index (χ0v) is 21.8. The molecule has 1 aliphatic carbocycles. The van der Waals surface area contributed by atoms with E-state index in [0.29, 0.717) is 43.8 Å². The fourth-order valence-corrected chi connectivity index (χ4v) is 6.42. The minimum absolute atomic E-state index is 0.283. The van der Waals surface area contributed by atoms with E-state index in [0.717, 1.165) is 45.7 Å². The molecule has 5 rings (SSSR count). The number of hydrogen-bond donors (Lipinski definition) is 1. The highest BCUT2D eigenvalue weighted by molar-refractivity contribution is 7.18. The van der Waals surface area contributed by atoms with Crippen LogP contribution < -0.4 is 10.2 Å². The molecule has 6 nitrogen and oxygen atoms in total. The summed E-state index contributed by atoms with van der Waals surface area (Å²) in [5.74, 6) is 1.22. The van der Waals surface area contributed by atoms with Crippen LogP contribution in [0.4, 0.5) is 24.5 Å². The second kappa shape index (κ2) is 10.6. The van der Waals surface area contributed by atoms with Crippen LogP contribution in [0, 0.1) is 11.8 Å². The van der Waals surface area contributed by atoms with Crippen molar-refractivity contribution < 1.29 is 22.7 Å². The number of hydrogen-bond acceptors (Lipinski definition) is 6. The van der Waals surface area contributed by atoms with Crippen molar-refractivity contribution in [2.24, 2.45) is 11.8 Å². The third kappa shape index (κ3) is 5.75. The van der Waals surface area contributed by atoms with Gasteiger partial charge in [0.05, 0.1) is 39.8 Å². The van der Waals surface area contributed by atoms with Crippen LogP contribution in [0.3, 0.4) is 0 Å². The van der Waals surface area contributed by atoms with Crippen LogP contribution in [-0.2, 0) is 10.9 Å². The molecule has 10 heteroatoms. The van der Waals surface area contributed by atoms with Gasteiger partial charge < -0.3 is 15.0 Å². The molecule has 2 aliphatic rings. The standard InChI is InChI=1S/C27H31F3N4O2S/c1-16(2)17-6-8-18(9-7-17)26-33-21-14-22(34-10-12-36-13-11-34)20(15-23(21)37-26)32-25(35)19-4-3-5-24(31-19)27(28,29)30/h3-5,14-18H,6-13H2,1-2H3,(H,32,35)/t17-,18-. The number of amides is 1. The number of alkyl halides is 3. The van der Waals surface area contributed by atoms with Gasteiger partial charge in [-0.05, 0) is 61.8 Å². The first-order chi connectivity index (χ1) is 17.7. The van der Waals surface area contributed by atoms with E-state index in [-0.39, 0.29) is 5.69 Å². The van der Waals surface area contributed by atoms with Gasteiger partial charge in [-0.2, -0.15) is 13.2 Å². The number of nitrogens with zero attached hydrogens (tertiary/aromatic N) is 3. The molecule has 0 bridgehead atoms. The predicted octanol–water partition coefficient (Wildman–Crippen LogP) is 6.73. The summed E-state index contributed by atoms with van der Waals surface area (Å²) in [5, 5.41) is 3.95. The van der Waals surface area contributed by atoms with E-state index in [9.17, 15) is 18.0 Å². The highest BCUT2D eigenvalue weighted by Gasteiger charge is 2.33. The average Bonchev–Trinajstić information content (AvgIpc) is 3.31. The number of aromatic nitrogens is 2. The molecule has 2 aromatic heterocycles. The topological polar surface area (TPSA) is 67.3 Å². The molecule has 2 fully saturated rings. The highest BCUT2D eigenvalue weighted by atomic mass is 32.1. The van der Waals surface area contributed by atoms with E-state index in [1.54, 1.807) is 11.3 Å². The zero-order chi connectivity index (χ0) is 26.2. The van der Waals surface area contributed by atoms with Crippen molar-refractivity contribution in [3.8, 4) is 0 Å². The minimum atomic E-state index is -4.62. The molecule has 0 atom stereocenters. The molecule has 1 amide bonds. The van der Waals surface area contributed by atoms with E-state index < -0.39 is 17.8 Å². The summed E-state index contributed by atoms with van der Waals surface area (Å²) in [6.07, 6.45) is 0.0558. The molecule has 0 spiro atoms. The number of thiazole rings is 1. The maximum absolute atomic E-state index is 13.1. The number of morpholine rings is 1. The van der Waals surface area contributed by atoms with Crippen LogP contribution in [0.1, 0.15) is 66.6 Å². The van der Waals surface area contributed by atoms with Crippen LogP contribution in [0.2, 0.25) is 0 Å². The zero-order valence-electron chi connectivity index (χ0n) is 21.0. The van der Waals surface area contributed by atoms with Gasteiger partial charge in [-0.1, -0.05) is 19.9 Å². The Labute approximate surface area is 218 Å². The van der Waals surface area contributed by atoms with Gasteiger partial charge in [-0.15, -0.1) is 11.3 Å². The van der Waals surface area contributed by atoms with Crippen molar-refractivity contribution in [2.75, 3.05) is 36.5 Å². The molecule has 3 heterocycles. The van der Waals surface area contributed by atoms with E-state index in [2.05, 4.69) is 29.0 Å². The summed E-state index contributed by atoms with van der Waals surface area (Å²) in [5.41, 5.74) is 0.828. The third-order valence-electron chi connectivity index (χ3n) is 7.46. The Kier molecular flexibility index (Phi) is 7.40. The van der Waals surface area contributed by atoms with Crippen LogP contribution in [0.5, 0.6) is 0 Å². The fraction of sp³-hybridized carbons (Fsp3) is 0.519. The summed E-state index contributed by atoms with van der Waals surface area (Å²) in [7, 11) is 0. The third-order valence-corrected chi connectivity index (χ3v) is 8.64. The Morgan fingerprint density at radius 1 is 1.11 bits per heavy atom. The summed E-state index contributed by atoms with van der Waals surface area (Å²) < 4.78 is 45.9. The van der Waals surface area contributed by atoms with Crippen molar-refractivity contribution in [3.63, 3.8) is 0 Å². The Morgan fingerprint density at radius 2 is 1.84 bits per heavy atom. The molecule has 1 aromatic carbocycles. The average molecular weight is 533 g/mol. The van der Waals surface area contributed by atoms with Gasteiger partial charge in [0.1, 0.15) is 11.4 Å². The van der Waals surface area contributed by atoms with Gasteiger partial charge in [0.15, 0.2) is 0 Å². The maximum atomic E-state index is 13.1. The fourth-order valence-electron chi connectivity index (χ4n) is 5.26. The Bertz CT molecular complexity index is 1260. The molecule has 1 saturated heterocycles. The Hall–Kier alpha value is -2.72. The molecule has 0 radical (unpaired) electrons. The van der Waals surface area contributed by atoms with Crippen LogP contribution in [0.25, 0.3) is 10.2 Å². The molecule has 198 valence electrons. The van der Waals surface area contributed by atoms with Gasteiger partial charge in [0.25, 0.3) is 5.91 Å². The second-order valence-electron chi connectivity index (χ2n) is 10.2. The number of anilines is 2. The number of ether oxygens (including phenoxy) is 1. The molecule has 3 aromatic rings. The van der Waals surface area contributed by atoms with Gasteiger partial charge in [0.2, 0.25) is 0 Å². The number of carbonyl (C=O) groups is 1. The molecule has 37 heavy (non-hydrogen) atoms. The largest absolute Gasteiger partial charge is 0.433 e. The molecule has 0 unspecified atom stereocenters. The van der Waals surface area contributed by atoms with Gasteiger partial charge in [-0.25, -0.2) is 9.97 Å². The van der Waals surface area contributed by atoms with E-state index in [1.165, 1.54) is 25.0 Å². The van der Waals surface area contributed by atoms with Gasteiger partial charge in [-0.3, -0.25) is 4.79 Å². The van der Waals surface area contributed by atoms with E-state index in [1.807, 2.05) is 12.1 Å². The summed E-state index contributed by atoms with van der Waals surface area (Å²) in [6.45, 7) is 6.99. The first-order valence-corrected chi connectivity index (χ1v) is 13.6. The van der Waals surface area contributed by atoms with Crippen LogP contribution in [0.15, 0.2) is 30.3 Å². The number of halogens is 3. The first-order valence-electron chi connectivity index (χ1n) is 12.8. The number of fused-ring (bicyclic) bond motifs is 1. The van der Waals surface area contributed by atoms with Crippen molar-refractivity contribution in [1.29, 1.82) is 0 Å². The van der Waals surface area contributed by atoms with Crippen LogP contribution in [-0.4, -0.2) is 42.2 Å². The number of benzene rings is 1. The molecular formula is C27H31F3N4O2S. The first kappa shape index (κ1) is 25.9. The lowest BCUT2D eigenvalue weighted by Crippen LogP contribution is -2.36. The van der Waals surface area contributed by atoms with Crippen LogP contribution >= 0.6 is 11.3 Å². The lowest BCUT2D eigenvalue weighted by atomic mass is 9.77. The van der Waals surface area contributed by atoms with E-state index in [4.69, 9.17) is 9.72 Å². The number of nitrogens with one attached hydrogen (secondary N) is 1. The SMILES string of the molecule is CC(C)[C@H]1CC[C@H](c2nc3cc(N4CCOCC4)c(NC(=O)c4cccc(C(F)(F)F)n4)cc3s2)CC1. The molecule has 1 N–H and O–H groups in total. The number of rotatable bonds is 5. The molecular weight excluding hydrogens is 501 g/mol. The summed E-state index contributed by atoms with van der Waals surface area (Å²) in [6, 6.07) is 7.22. The highest BCUT2D eigenvalue weighted by Crippen LogP contribution is 2.42. The van der Waals surface area contributed by atoms with Crippen molar-refractivity contribution in [3.05, 3.63) is 46.7 Å². The predicted molar refractivity (Wildman–Crippen MR) is 139 cm³/mol. The summed E-state index contributed by atoms with van der Waals surface area (Å²) in [4.78, 5) is 23.7. The van der Waals surface area contributed by atoms with Crippen molar-refractivity contribution in [2.45, 2.75) is 51.6 Å².